The van der Waals surface area contributed by atoms with Crippen molar-refractivity contribution in [2.75, 3.05) is 19.6 Å². The van der Waals surface area contributed by atoms with Gasteiger partial charge in [-0.2, -0.15) is 5.10 Å². The Hall–Kier alpha value is -1.22. The van der Waals surface area contributed by atoms with Crippen LogP contribution in [0.15, 0.2) is 17.2 Å². The van der Waals surface area contributed by atoms with E-state index in [4.69, 9.17) is 0 Å². The van der Waals surface area contributed by atoms with Gasteiger partial charge in [0.2, 0.25) is 10.0 Å². The Bertz CT molecular complexity index is 729. The summed E-state index contributed by atoms with van der Waals surface area (Å²) in [7, 11) is -1.75. The van der Waals surface area contributed by atoms with Crippen LogP contribution in [-0.4, -0.2) is 42.8 Å². The molecule has 0 radical (unpaired) electrons. The molecule has 0 fully saturated rings. The molecule has 0 amide bonds. The second kappa shape index (κ2) is 7.87. The third kappa shape index (κ3) is 4.16. The van der Waals surface area contributed by atoms with E-state index in [0.29, 0.717) is 18.7 Å². The molecule has 0 unspecified atom stereocenters. The van der Waals surface area contributed by atoms with E-state index in [9.17, 15) is 8.42 Å². The number of aryl methyl sites for hydroxylation is 2. The molecule has 9 heteroatoms. The third-order valence-electron chi connectivity index (χ3n) is 3.17. The van der Waals surface area contributed by atoms with Gasteiger partial charge in [-0.1, -0.05) is 6.92 Å². The number of fused-ring (bicyclic) bond motifs is 1. The molecule has 7 nitrogen and oxygen atoms in total. The molecule has 0 bridgehead atoms. The Morgan fingerprint density at radius 2 is 2.00 bits per heavy atom. The minimum atomic E-state index is -3.54. The molecule has 0 spiro atoms. The molecule has 2 rings (SSSR count). The van der Waals surface area contributed by atoms with Gasteiger partial charge in [-0.15, -0.1) is 12.4 Å². The van der Waals surface area contributed by atoms with Crippen LogP contribution < -0.4 is 10.0 Å². The van der Waals surface area contributed by atoms with E-state index in [1.807, 2.05) is 6.92 Å². The van der Waals surface area contributed by atoms with Crippen LogP contribution in [0.4, 0.5) is 0 Å². The quantitative estimate of drug-likeness (QED) is 0.729. The maximum atomic E-state index is 12.2. The molecule has 0 saturated heterocycles. The average Bonchev–Trinajstić information content (AvgIpc) is 2.73. The minimum absolute atomic E-state index is 0. The molecule has 0 aromatic carbocycles. The van der Waals surface area contributed by atoms with Crippen LogP contribution in [0.25, 0.3) is 11.0 Å². The highest BCUT2D eigenvalue weighted by atomic mass is 35.5. The molecule has 0 aliphatic carbocycles. The molecule has 0 atom stereocenters. The maximum absolute atomic E-state index is 12.2. The number of nitrogens with one attached hydrogen (secondary N) is 2. The van der Waals surface area contributed by atoms with Gasteiger partial charge in [0.05, 0.1) is 5.69 Å². The standard InChI is InChI=1S/C13H21N5O2S.ClH/c1-4-5-14-6-7-16-21(19,20)11-8-12-10(2)17-18(3)13(12)15-9-11;/h8-9,14,16H,4-7H2,1-3H3;1H. The topological polar surface area (TPSA) is 88.9 Å². The number of pyridine rings is 1. The molecule has 22 heavy (non-hydrogen) atoms. The Morgan fingerprint density at radius 3 is 2.68 bits per heavy atom. The lowest BCUT2D eigenvalue weighted by molar-refractivity contribution is 0.575. The summed E-state index contributed by atoms with van der Waals surface area (Å²) in [6.07, 6.45) is 2.39. The minimum Gasteiger partial charge on any atom is -0.315 e. The third-order valence-corrected chi connectivity index (χ3v) is 4.60. The lowest BCUT2D eigenvalue weighted by Gasteiger charge is -2.07. The fraction of sp³-hybridized carbons (Fsp3) is 0.538. The van der Waals surface area contributed by atoms with E-state index in [1.54, 1.807) is 17.8 Å². The van der Waals surface area contributed by atoms with Crippen molar-refractivity contribution in [1.29, 1.82) is 0 Å². The Kier molecular flexibility index (Phi) is 6.73. The highest BCUT2D eigenvalue weighted by molar-refractivity contribution is 7.89. The van der Waals surface area contributed by atoms with E-state index in [-0.39, 0.29) is 17.3 Å². The normalized spacial score (nSPS) is 11.6. The molecule has 0 aliphatic rings. The molecular weight excluding hydrogens is 326 g/mol. The van der Waals surface area contributed by atoms with Crippen LogP contribution in [0.1, 0.15) is 19.0 Å². The van der Waals surface area contributed by atoms with Crippen LogP contribution >= 0.6 is 12.4 Å². The average molecular weight is 348 g/mol. The largest absolute Gasteiger partial charge is 0.315 e. The first-order valence-electron chi connectivity index (χ1n) is 6.95. The number of hydrogen-bond donors (Lipinski definition) is 2. The van der Waals surface area contributed by atoms with Gasteiger partial charge < -0.3 is 5.32 Å². The SMILES string of the molecule is CCCNCCNS(=O)(=O)c1cnc2c(c1)c(C)nn2C.Cl. The first-order valence-corrected chi connectivity index (χ1v) is 8.43. The first kappa shape index (κ1) is 18.8. The van der Waals surface area contributed by atoms with Crippen molar-refractivity contribution >= 4 is 33.5 Å². The zero-order valence-electron chi connectivity index (χ0n) is 13.0. The zero-order valence-corrected chi connectivity index (χ0v) is 14.6. The van der Waals surface area contributed by atoms with Crippen molar-refractivity contribution in [2.24, 2.45) is 7.05 Å². The van der Waals surface area contributed by atoms with Gasteiger partial charge in [0.15, 0.2) is 5.65 Å². The Balaban J connectivity index is 0.00000242. The molecule has 2 aromatic rings. The number of hydrogen-bond acceptors (Lipinski definition) is 5. The predicted molar refractivity (Wildman–Crippen MR) is 88.8 cm³/mol. The summed E-state index contributed by atoms with van der Waals surface area (Å²) in [5.41, 5.74) is 1.44. The van der Waals surface area contributed by atoms with Gasteiger partial charge in [0, 0.05) is 31.7 Å². The molecular formula is C13H22ClN5O2S. The number of halogens is 1. The first-order chi connectivity index (χ1) is 9.95. The van der Waals surface area contributed by atoms with Crippen molar-refractivity contribution in [3.05, 3.63) is 18.0 Å². The van der Waals surface area contributed by atoms with E-state index < -0.39 is 10.0 Å². The van der Waals surface area contributed by atoms with Gasteiger partial charge in [-0.25, -0.2) is 18.1 Å². The number of nitrogens with zero attached hydrogens (tertiary/aromatic N) is 3. The maximum Gasteiger partial charge on any atom is 0.242 e. The summed E-state index contributed by atoms with van der Waals surface area (Å²) in [5, 5.41) is 8.14. The van der Waals surface area contributed by atoms with Gasteiger partial charge in [-0.05, 0) is 26.0 Å². The number of sulfonamides is 1. The van der Waals surface area contributed by atoms with Crippen molar-refractivity contribution in [3.8, 4) is 0 Å². The Morgan fingerprint density at radius 1 is 1.27 bits per heavy atom. The second-order valence-electron chi connectivity index (χ2n) is 4.90. The summed E-state index contributed by atoms with van der Waals surface area (Å²) < 4.78 is 28.7. The monoisotopic (exact) mass is 347 g/mol. The van der Waals surface area contributed by atoms with Crippen LogP contribution in [0.5, 0.6) is 0 Å². The van der Waals surface area contributed by atoms with Crippen LogP contribution in [0, 0.1) is 6.92 Å². The molecule has 2 heterocycles. The lowest BCUT2D eigenvalue weighted by atomic mass is 10.3. The summed E-state index contributed by atoms with van der Waals surface area (Å²) in [6.45, 7) is 5.74. The molecule has 0 aliphatic heterocycles. The highest BCUT2D eigenvalue weighted by Crippen LogP contribution is 2.18. The van der Waals surface area contributed by atoms with Crippen LogP contribution in [0.3, 0.4) is 0 Å². The van der Waals surface area contributed by atoms with Gasteiger partial charge in [0.25, 0.3) is 0 Å². The lowest BCUT2D eigenvalue weighted by Crippen LogP contribution is -2.32. The smallest absolute Gasteiger partial charge is 0.242 e. The molecule has 2 aromatic heterocycles. The molecule has 124 valence electrons. The zero-order chi connectivity index (χ0) is 15.5. The fourth-order valence-corrected chi connectivity index (χ4v) is 3.10. The van der Waals surface area contributed by atoms with Crippen molar-refractivity contribution < 1.29 is 8.42 Å². The van der Waals surface area contributed by atoms with Crippen LogP contribution in [-0.2, 0) is 17.1 Å². The molecule has 0 saturated carbocycles. The summed E-state index contributed by atoms with van der Waals surface area (Å²) >= 11 is 0. The van der Waals surface area contributed by atoms with E-state index in [1.165, 1.54) is 6.20 Å². The van der Waals surface area contributed by atoms with Crippen molar-refractivity contribution in [3.63, 3.8) is 0 Å². The van der Waals surface area contributed by atoms with Gasteiger partial charge in [-0.3, -0.25) is 4.68 Å². The van der Waals surface area contributed by atoms with Gasteiger partial charge in [0.1, 0.15) is 4.90 Å². The Labute approximate surface area is 137 Å². The summed E-state index contributed by atoms with van der Waals surface area (Å²) in [5.74, 6) is 0. The predicted octanol–water partition coefficient (Wildman–Crippen LogP) is 0.976. The van der Waals surface area contributed by atoms with Crippen molar-refractivity contribution in [1.82, 2.24) is 24.8 Å². The van der Waals surface area contributed by atoms with Crippen LogP contribution in [0.2, 0.25) is 0 Å². The van der Waals surface area contributed by atoms with Gasteiger partial charge >= 0.3 is 0 Å². The molecule has 2 N–H and O–H groups in total. The second-order valence-corrected chi connectivity index (χ2v) is 6.67. The highest BCUT2D eigenvalue weighted by Gasteiger charge is 2.16. The number of rotatable bonds is 7. The summed E-state index contributed by atoms with van der Waals surface area (Å²) in [6, 6.07) is 1.62. The van der Waals surface area contributed by atoms with E-state index in [0.717, 1.165) is 24.0 Å². The fourth-order valence-electron chi connectivity index (χ4n) is 2.09. The summed E-state index contributed by atoms with van der Waals surface area (Å²) in [4.78, 5) is 4.36. The van der Waals surface area contributed by atoms with Crippen molar-refractivity contribution in [2.45, 2.75) is 25.2 Å². The number of aromatic nitrogens is 3. The van der Waals surface area contributed by atoms with E-state index in [2.05, 4.69) is 27.0 Å². The van der Waals surface area contributed by atoms with E-state index >= 15 is 0 Å².